The van der Waals surface area contributed by atoms with E-state index in [-0.39, 0.29) is 23.9 Å². The van der Waals surface area contributed by atoms with Crippen molar-refractivity contribution in [2.45, 2.75) is 32.7 Å². The number of carbonyl (C=O) groups excluding carboxylic acids is 2. The average molecular weight is 483 g/mol. The van der Waals surface area contributed by atoms with Crippen molar-refractivity contribution < 1.29 is 19.0 Å². The number of primary amides is 1. The molecule has 1 saturated heterocycles. The van der Waals surface area contributed by atoms with Crippen LogP contribution in [0.1, 0.15) is 47.9 Å². The van der Waals surface area contributed by atoms with Gasteiger partial charge in [-0.1, -0.05) is 11.6 Å². The van der Waals surface area contributed by atoms with Crippen molar-refractivity contribution in [1.82, 2.24) is 35.6 Å². The first-order valence-electron chi connectivity index (χ1n) is 11.0. The first kappa shape index (κ1) is 23.8. The van der Waals surface area contributed by atoms with Crippen molar-refractivity contribution in [3.05, 3.63) is 41.2 Å². The predicted octanol–water partition coefficient (Wildman–Crippen LogP) is 0.237. The molecule has 4 rings (SSSR count). The number of nitrogens with one attached hydrogen (secondary N) is 1. The molecule has 3 aromatic rings. The molecule has 184 valence electrons. The number of nitrogens with zero attached hydrogens (tertiary/aromatic N) is 7. The number of ether oxygens (including phenoxy) is 1. The van der Waals surface area contributed by atoms with Gasteiger partial charge in [0.1, 0.15) is 11.4 Å². The normalized spacial score (nSPS) is 14.6. The summed E-state index contributed by atoms with van der Waals surface area (Å²) in [7, 11) is 0. The molecule has 1 aliphatic heterocycles. The van der Waals surface area contributed by atoms with Crippen LogP contribution >= 0.6 is 0 Å². The van der Waals surface area contributed by atoms with E-state index in [1.807, 2.05) is 0 Å². The first-order valence-corrected chi connectivity index (χ1v) is 11.0. The summed E-state index contributed by atoms with van der Waals surface area (Å²) in [6.07, 6.45) is 3.36. The number of nitrogen functional groups attached to an aromatic ring is 1. The fourth-order valence-electron chi connectivity index (χ4n) is 3.66. The molecular formula is C21H26N10O4. The lowest BCUT2D eigenvalue weighted by Gasteiger charge is -2.25. The first-order chi connectivity index (χ1) is 16.9. The zero-order chi connectivity index (χ0) is 24.8. The van der Waals surface area contributed by atoms with Gasteiger partial charge in [-0.15, -0.1) is 5.10 Å². The Labute approximate surface area is 200 Å². The van der Waals surface area contributed by atoms with Crippen LogP contribution in [0.5, 0.6) is 5.75 Å². The van der Waals surface area contributed by atoms with Crippen LogP contribution in [0.25, 0.3) is 5.82 Å². The summed E-state index contributed by atoms with van der Waals surface area (Å²) in [5, 5.41) is 19.8. The molecule has 2 aromatic heterocycles. The van der Waals surface area contributed by atoms with Gasteiger partial charge in [0.05, 0.1) is 5.71 Å². The van der Waals surface area contributed by atoms with Crippen molar-refractivity contribution in [3.63, 3.8) is 0 Å². The molecule has 1 aromatic carbocycles. The maximum Gasteiger partial charge on any atom is 0.292 e. The molecule has 35 heavy (non-hydrogen) atoms. The number of aromatic nitrogens is 5. The Bertz CT molecular complexity index is 1210. The monoisotopic (exact) mass is 482 g/mol. The van der Waals surface area contributed by atoms with Crippen LogP contribution in [0.15, 0.2) is 34.0 Å². The molecule has 3 heterocycles. The van der Waals surface area contributed by atoms with E-state index >= 15 is 0 Å². The minimum absolute atomic E-state index is 0.0215. The number of hydrazone groups is 1. The number of anilines is 1. The Hall–Kier alpha value is -4.33. The van der Waals surface area contributed by atoms with Crippen molar-refractivity contribution in [1.29, 1.82) is 0 Å². The molecule has 0 aliphatic carbocycles. The highest BCUT2D eigenvalue weighted by Gasteiger charge is 2.26. The lowest BCUT2D eigenvalue weighted by molar-refractivity contribution is -0.119. The molecule has 0 saturated carbocycles. The highest BCUT2D eigenvalue weighted by Crippen LogP contribution is 2.19. The molecule has 5 N–H and O–H groups in total. The molecule has 1 fully saturated rings. The summed E-state index contributed by atoms with van der Waals surface area (Å²) in [5.74, 6) is -0.566. The second-order valence-corrected chi connectivity index (χ2v) is 8.02. The molecule has 0 atom stereocenters. The van der Waals surface area contributed by atoms with E-state index in [1.165, 1.54) is 11.1 Å². The van der Waals surface area contributed by atoms with E-state index in [1.54, 1.807) is 31.2 Å². The van der Waals surface area contributed by atoms with Crippen molar-refractivity contribution >= 4 is 23.3 Å². The van der Waals surface area contributed by atoms with Gasteiger partial charge in [-0.25, -0.2) is 10.1 Å². The van der Waals surface area contributed by atoms with Crippen molar-refractivity contribution in [3.8, 4) is 11.6 Å². The minimum atomic E-state index is -0.564. The Morgan fingerprint density at radius 2 is 1.91 bits per heavy atom. The fraction of sp³-hybridized carbons (Fsp3) is 0.381. The zero-order valence-electron chi connectivity index (χ0n) is 19.2. The zero-order valence-corrected chi connectivity index (χ0v) is 19.2. The Morgan fingerprint density at radius 1 is 1.17 bits per heavy atom. The summed E-state index contributed by atoms with van der Waals surface area (Å²) < 4.78 is 11.1. The lowest BCUT2D eigenvalue weighted by Crippen LogP contribution is -2.31. The van der Waals surface area contributed by atoms with E-state index in [0.717, 1.165) is 31.5 Å². The topological polar surface area (TPSA) is 193 Å². The molecule has 0 radical (unpaired) electrons. The highest BCUT2D eigenvalue weighted by molar-refractivity contribution is 6.01. The van der Waals surface area contributed by atoms with Crippen LogP contribution in [0.4, 0.5) is 5.82 Å². The highest BCUT2D eigenvalue weighted by atomic mass is 16.6. The number of benzene rings is 1. The number of amides is 2. The largest absolute Gasteiger partial charge is 0.484 e. The molecule has 14 heteroatoms. The lowest BCUT2D eigenvalue weighted by atomic mass is 10.1. The average Bonchev–Trinajstić information content (AvgIpc) is 3.47. The molecule has 14 nitrogen and oxygen atoms in total. The maximum atomic E-state index is 13.2. The second-order valence-electron chi connectivity index (χ2n) is 8.02. The minimum Gasteiger partial charge on any atom is -0.484 e. The summed E-state index contributed by atoms with van der Waals surface area (Å²) in [6.45, 7) is 3.80. The standard InChI is InChI=1S/C21H26N10O4/c1-13(14-5-7-15(8-6-14)34-12-17(22)32)24-26-21(33)18-16(11-30-9-3-2-4-10-30)25-29-31(18)20-19(23)27-35-28-20/h5-8H,2-4,9-12H2,1H3,(H2,22,32)(H2,23,27)(H,26,33)/b24-13-. The Kier molecular flexibility index (Phi) is 7.30. The summed E-state index contributed by atoms with van der Waals surface area (Å²) in [5.41, 5.74) is 15.4. The van der Waals surface area contributed by atoms with Gasteiger partial charge < -0.3 is 16.2 Å². The van der Waals surface area contributed by atoms with E-state index in [9.17, 15) is 9.59 Å². The van der Waals surface area contributed by atoms with Gasteiger partial charge in [0.2, 0.25) is 11.6 Å². The van der Waals surface area contributed by atoms with Crippen molar-refractivity contribution in [2.75, 3.05) is 25.4 Å². The molecule has 2 amide bonds. The molecule has 1 aliphatic rings. The van der Waals surface area contributed by atoms with Gasteiger partial charge in [0.15, 0.2) is 12.3 Å². The maximum absolute atomic E-state index is 13.2. The van der Waals surface area contributed by atoms with Crippen LogP contribution in [-0.4, -0.2) is 67.4 Å². The number of piperidine rings is 1. The van der Waals surface area contributed by atoms with Gasteiger partial charge >= 0.3 is 0 Å². The van der Waals surface area contributed by atoms with Crippen LogP contribution in [-0.2, 0) is 11.3 Å². The third-order valence-corrected chi connectivity index (χ3v) is 5.45. The van der Waals surface area contributed by atoms with Crippen LogP contribution < -0.4 is 21.6 Å². The van der Waals surface area contributed by atoms with E-state index in [4.69, 9.17) is 16.2 Å². The van der Waals surface area contributed by atoms with Gasteiger partial charge in [-0.2, -0.15) is 9.78 Å². The number of likely N-dealkylation sites (tertiary alicyclic amines) is 1. The number of carbonyl (C=O) groups is 2. The Balaban J connectivity index is 1.53. The summed E-state index contributed by atoms with van der Waals surface area (Å²) >= 11 is 0. The van der Waals surface area contributed by atoms with Gasteiger partial charge in [0.25, 0.3) is 11.8 Å². The quantitative estimate of drug-likeness (QED) is 0.281. The predicted molar refractivity (Wildman–Crippen MR) is 124 cm³/mol. The van der Waals surface area contributed by atoms with Gasteiger partial charge in [-0.05, 0) is 73.0 Å². The molecule has 0 bridgehead atoms. The molecule has 0 spiro atoms. The van der Waals surface area contributed by atoms with Gasteiger partial charge in [0, 0.05) is 6.54 Å². The smallest absolute Gasteiger partial charge is 0.292 e. The number of hydrogen-bond donors (Lipinski definition) is 3. The van der Waals surface area contributed by atoms with Crippen LogP contribution in [0.2, 0.25) is 0 Å². The molecular weight excluding hydrogens is 456 g/mol. The summed E-state index contributed by atoms with van der Waals surface area (Å²) in [4.78, 5) is 26.3. The third kappa shape index (κ3) is 5.78. The van der Waals surface area contributed by atoms with E-state index < -0.39 is 11.8 Å². The number of rotatable bonds is 9. The van der Waals surface area contributed by atoms with Crippen molar-refractivity contribution in [2.24, 2.45) is 10.8 Å². The second kappa shape index (κ2) is 10.7. The SMILES string of the molecule is C/C(=N/NC(=O)c1c(CN2CCCCC2)nnn1-c1nonc1N)c1ccc(OCC(N)=O)cc1. The number of nitrogens with two attached hydrogens (primary N) is 2. The summed E-state index contributed by atoms with van der Waals surface area (Å²) in [6, 6.07) is 6.84. The van der Waals surface area contributed by atoms with E-state index in [0.29, 0.717) is 23.7 Å². The fourth-order valence-corrected chi connectivity index (χ4v) is 3.66. The van der Waals surface area contributed by atoms with Crippen LogP contribution in [0.3, 0.4) is 0 Å². The number of hydrogen-bond acceptors (Lipinski definition) is 11. The van der Waals surface area contributed by atoms with Crippen LogP contribution in [0, 0.1) is 0 Å². The van der Waals surface area contributed by atoms with E-state index in [2.05, 4.69) is 40.7 Å². The Morgan fingerprint density at radius 3 is 2.57 bits per heavy atom. The molecule has 0 unspecified atom stereocenters. The van der Waals surface area contributed by atoms with Gasteiger partial charge in [-0.3, -0.25) is 14.5 Å². The third-order valence-electron chi connectivity index (χ3n) is 5.45.